The molecule has 0 aliphatic rings. The highest BCUT2D eigenvalue weighted by molar-refractivity contribution is 6.23. The molecule has 49 heavy (non-hydrogen) atoms. The summed E-state index contributed by atoms with van der Waals surface area (Å²) in [6, 6.07) is 50.8. The summed E-state index contributed by atoms with van der Waals surface area (Å²) in [6.07, 6.45) is 5.38. The second-order valence-corrected chi connectivity index (χ2v) is 12.1. The summed E-state index contributed by atoms with van der Waals surface area (Å²) in [6.45, 7) is 0. The Morgan fingerprint density at radius 2 is 1.22 bits per heavy atom. The maximum atomic E-state index is 5.09. The molecule has 5 heterocycles. The van der Waals surface area contributed by atoms with E-state index < -0.39 is 0 Å². The van der Waals surface area contributed by atoms with Gasteiger partial charge in [0.1, 0.15) is 11.5 Å². The van der Waals surface area contributed by atoms with Crippen molar-refractivity contribution in [2.45, 2.75) is 0 Å². The molecule has 10 aromatic rings. The van der Waals surface area contributed by atoms with Crippen LogP contribution in [0.25, 0.3) is 83.6 Å². The van der Waals surface area contributed by atoms with E-state index >= 15 is 0 Å². The average Bonchev–Trinajstić information content (AvgIpc) is 3.83. The maximum absolute atomic E-state index is 5.09. The van der Waals surface area contributed by atoms with Crippen molar-refractivity contribution in [2.75, 3.05) is 0 Å². The largest absolute Gasteiger partial charge is 0.295 e. The van der Waals surface area contributed by atoms with E-state index in [1.54, 1.807) is 12.4 Å². The van der Waals surface area contributed by atoms with Crippen LogP contribution < -0.4 is 0 Å². The quantitative estimate of drug-likeness (QED) is 0.190. The first kappa shape index (κ1) is 27.3. The Kier molecular flexibility index (Phi) is 6.04. The Balaban J connectivity index is 1.35. The number of para-hydroxylation sites is 4. The zero-order valence-electron chi connectivity index (χ0n) is 26.2. The molecule has 7 nitrogen and oxygen atoms in total. The fourth-order valence-electron chi connectivity index (χ4n) is 7.19. The molecule has 7 heteroatoms. The summed E-state index contributed by atoms with van der Waals surface area (Å²) < 4.78 is 7.02. The van der Waals surface area contributed by atoms with E-state index in [4.69, 9.17) is 4.98 Å². The Bertz CT molecular complexity index is 2800. The third kappa shape index (κ3) is 4.22. The lowest BCUT2D eigenvalue weighted by molar-refractivity contribution is 1.04. The minimum absolute atomic E-state index is 0.842. The summed E-state index contributed by atoms with van der Waals surface area (Å²) in [5.41, 5.74) is 11.3. The summed E-state index contributed by atoms with van der Waals surface area (Å²) in [5, 5.41) is 12.1. The molecule has 0 N–H and O–H groups in total. The molecule has 0 atom stereocenters. The number of nitrogens with zero attached hydrogens (tertiary/aromatic N) is 7. The first-order chi connectivity index (χ1) is 24.3. The summed E-state index contributed by atoms with van der Waals surface area (Å²) in [7, 11) is 0. The number of hydrogen-bond donors (Lipinski definition) is 0. The van der Waals surface area contributed by atoms with Crippen molar-refractivity contribution in [2.24, 2.45) is 0 Å². The van der Waals surface area contributed by atoms with Crippen LogP contribution in [0.4, 0.5) is 0 Å². The smallest absolute Gasteiger partial charge is 0.147 e. The molecule has 230 valence electrons. The highest BCUT2D eigenvalue weighted by Gasteiger charge is 2.24. The van der Waals surface area contributed by atoms with Gasteiger partial charge in [0.2, 0.25) is 0 Å². The van der Waals surface area contributed by atoms with E-state index in [0.29, 0.717) is 0 Å². The topological polar surface area (TPSA) is 66.3 Å². The molecule has 0 bridgehead atoms. The monoisotopic (exact) mass is 629 g/mol. The first-order valence-corrected chi connectivity index (χ1v) is 16.2. The number of fused-ring (bicyclic) bond motifs is 6. The third-order valence-electron chi connectivity index (χ3n) is 9.28. The highest BCUT2D eigenvalue weighted by atomic mass is 15.1. The van der Waals surface area contributed by atoms with E-state index in [9.17, 15) is 0 Å². The summed E-state index contributed by atoms with van der Waals surface area (Å²) >= 11 is 0. The van der Waals surface area contributed by atoms with E-state index in [-0.39, 0.29) is 0 Å². The lowest BCUT2D eigenvalue weighted by atomic mass is 10.1. The lowest BCUT2D eigenvalue weighted by Crippen LogP contribution is -2.02. The number of benzene rings is 5. The summed E-state index contributed by atoms with van der Waals surface area (Å²) in [5.74, 6) is 0.851. The van der Waals surface area contributed by atoms with Gasteiger partial charge in [-0.05, 0) is 84.9 Å². The van der Waals surface area contributed by atoms with Gasteiger partial charge in [-0.1, -0.05) is 60.7 Å². The minimum atomic E-state index is 0.842. The molecule has 0 unspecified atom stereocenters. The van der Waals surface area contributed by atoms with Crippen LogP contribution in [0.1, 0.15) is 0 Å². The SMILES string of the molecule is c1ccc(-n2c3ccc(-c4cccnn4)cc3c3c4ccc(-n5c(-c6cccnc6)nc6ccccc65)cc4n(-c4ccccc4)c32)cc1. The predicted octanol–water partition coefficient (Wildman–Crippen LogP) is 9.59. The Morgan fingerprint density at radius 1 is 0.469 bits per heavy atom. The van der Waals surface area contributed by atoms with E-state index in [1.807, 2.05) is 30.5 Å². The van der Waals surface area contributed by atoms with E-state index in [2.05, 4.69) is 150 Å². The lowest BCUT2D eigenvalue weighted by Gasteiger charge is -2.14. The molecule has 5 aromatic heterocycles. The van der Waals surface area contributed by atoms with Crippen molar-refractivity contribution in [1.29, 1.82) is 0 Å². The fourth-order valence-corrected chi connectivity index (χ4v) is 7.19. The highest BCUT2D eigenvalue weighted by Crippen LogP contribution is 2.43. The molecule has 0 radical (unpaired) electrons. The third-order valence-corrected chi connectivity index (χ3v) is 9.28. The van der Waals surface area contributed by atoms with Gasteiger partial charge in [-0.15, -0.1) is 0 Å². The predicted molar refractivity (Wildman–Crippen MR) is 196 cm³/mol. The van der Waals surface area contributed by atoms with Crippen LogP contribution in [0.5, 0.6) is 0 Å². The molecule has 0 fully saturated rings. The molecule has 5 aromatic carbocycles. The number of imidazole rings is 1. The van der Waals surface area contributed by atoms with E-state index in [0.717, 1.165) is 78.2 Å². The van der Waals surface area contributed by atoms with Crippen LogP contribution in [0.2, 0.25) is 0 Å². The van der Waals surface area contributed by atoms with Crippen molar-refractivity contribution in [1.82, 2.24) is 33.9 Å². The molecular formula is C42H27N7. The maximum Gasteiger partial charge on any atom is 0.147 e. The number of hydrogen-bond acceptors (Lipinski definition) is 4. The van der Waals surface area contributed by atoms with Gasteiger partial charge in [-0.3, -0.25) is 18.7 Å². The van der Waals surface area contributed by atoms with Gasteiger partial charge in [-0.2, -0.15) is 10.2 Å². The second-order valence-electron chi connectivity index (χ2n) is 12.1. The van der Waals surface area contributed by atoms with Crippen molar-refractivity contribution >= 4 is 43.9 Å². The molecular weight excluding hydrogens is 603 g/mol. The summed E-state index contributed by atoms with van der Waals surface area (Å²) in [4.78, 5) is 9.51. The Labute approximate surface area is 281 Å². The van der Waals surface area contributed by atoms with Crippen molar-refractivity contribution in [3.63, 3.8) is 0 Å². The number of pyridine rings is 1. The zero-order valence-corrected chi connectivity index (χ0v) is 26.2. The van der Waals surface area contributed by atoms with E-state index in [1.165, 1.54) is 5.39 Å². The van der Waals surface area contributed by atoms with Crippen molar-refractivity contribution in [3.8, 4) is 39.7 Å². The standard InChI is InChI=1S/C42H27N7/c1-3-12-30(13-4-1)48-37-22-19-28(35-17-10-24-44-46-35)25-34(37)40-33-21-20-32(26-39(33)49(42(40)48)31-14-5-2-6-15-31)47-38-18-8-7-16-36(38)45-41(47)29-11-9-23-43-27-29/h1-27H. The van der Waals surface area contributed by atoms with Crippen LogP contribution in [-0.4, -0.2) is 33.9 Å². The molecule has 0 aliphatic carbocycles. The average molecular weight is 630 g/mol. The molecule has 0 saturated carbocycles. The van der Waals surface area contributed by atoms with Crippen molar-refractivity contribution < 1.29 is 0 Å². The number of rotatable bonds is 5. The fraction of sp³-hybridized carbons (Fsp3) is 0. The molecule has 0 saturated heterocycles. The van der Waals surface area contributed by atoms with Gasteiger partial charge in [0, 0.05) is 62.9 Å². The van der Waals surface area contributed by atoms with Crippen LogP contribution in [-0.2, 0) is 0 Å². The Morgan fingerprint density at radius 3 is 1.98 bits per heavy atom. The van der Waals surface area contributed by atoms with Gasteiger partial charge in [0.15, 0.2) is 0 Å². The van der Waals surface area contributed by atoms with Crippen LogP contribution >= 0.6 is 0 Å². The van der Waals surface area contributed by atoms with Crippen LogP contribution in [0.3, 0.4) is 0 Å². The first-order valence-electron chi connectivity index (χ1n) is 16.2. The van der Waals surface area contributed by atoms with Gasteiger partial charge in [-0.25, -0.2) is 4.98 Å². The molecule has 0 aliphatic heterocycles. The van der Waals surface area contributed by atoms with Crippen LogP contribution in [0.15, 0.2) is 164 Å². The number of aromatic nitrogens is 7. The molecule has 0 spiro atoms. The zero-order chi connectivity index (χ0) is 32.3. The minimum Gasteiger partial charge on any atom is -0.295 e. The van der Waals surface area contributed by atoms with Gasteiger partial charge in [0.25, 0.3) is 0 Å². The normalized spacial score (nSPS) is 11.7. The molecule has 10 rings (SSSR count). The van der Waals surface area contributed by atoms with Gasteiger partial charge in [0.05, 0.1) is 27.8 Å². The molecule has 0 amide bonds. The Hall–Kier alpha value is -6.86. The van der Waals surface area contributed by atoms with Gasteiger partial charge >= 0.3 is 0 Å². The van der Waals surface area contributed by atoms with Crippen LogP contribution in [0, 0.1) is 0 Å². The van der Waals surface area contributed by atoms with Gasteiger partial charge < -0.3 is 0 Å². The second kappa shape index (κ2) is 10.9. The van der Waals surface area contributed by atoms with Crippen molar-refractivity contribution in [3.05, 3.63) is 164 Å².